The molecule has 9 nitrogen and oxygen atoms in total. The average molecular weight is 530 g/mol. The van der Waals surface area contributed by atoms with Gasteiger partial charge in [-0.2, -0.15) is 0 Å². The molecule has 1 amide bonds. The summed E-state index contributed by atoms with van der Waals surface area (Å²) in [5, 5.41) is 3.45. The van der Waals surface area contributed by atoms with Crippen LogP contribution in [-0.4, -0.2) is 78.9 Å². The minimum Gasteiger partial charge on any atom is -0.466 e. The number of halogens is 2. The zero-order valence-corrected chi connectivity index (χ0v) is 21.5. The van der Waals surface area contributed by atoms with Crippen molar-refractivity contribution in [3.8, 4) is 0 Å². The minimum atomic E-state index is -0.820. The van der Waals surface area contributed by atoms with Gasteiger partial charge in [0.25, 0.3) is 0 Å². The third-order valence-electron chi connectivity index (χ3n) is 6.44. The van der Waals surface area contributed by atoms with E-state index in [1.807, 2.05) is 17.0 Å². The Morgan fingerprint density at radius 3 is 2.65 bits per heavy atom. The number of methoxy groups -OCH3 is 1. The van der Waals surface area contributed by atoms with E-state index in [1.165, 1.54) is 25.3 Å². The SMILES string of the molecule is COC(=O)C1=C(CN2CCN(C(=O)CCC[NH3+])CC2)NC(c2ccccn2)=NC1c1ccc(F)cc1Cl. The molecule has 1 unspecified atom stereocenters. The number of nitrogens with one attached hydrogen (secondary N) is 1. The number of amides is 1. The van der Waals surface area contributed by atoms with E-state index in [2.05, 4.69) is 20.9 Å². The average Bonchev–Trinajstić information content (AvgIpc) is 2.92. The van der Waals surface area contributed by atoms with Gasteiger partial charge in [0.15, 0.2) is 5.84 Å². The number of esters is 1. The van der Waals surface area contributed by atoms with Crippen molar-refractivity contribution in [1.29, 1.82) is 0 Å². The lowest BCUT2D eigenvalue weighted by atomic mass is 9.94. The van der Waals surface area contributed by atoms with Crippen molar-refractivity contribution >= 4 is 29.3 Å². The number of benzene rings is 1. The number of hydrogen-bond acceptors (Lipinski definition) is 7. The molecule has 37 heavy (non-hydrogen) atoms. The molecule has 1 saturated heterocycles. The Labute approximate surface area is 220 Å². The quantitative estimate of drug-likeness (QED) is 0.502. The molecule has 0 aliphatic carbocycles. The molecular weight excluding hydrogens is 499 g/mol. The highest BCUT2D eigenvalue weighted by Gasteiger charge is 2.34. The molecule has 4 rings (SSSR count). The number of quaternary nitrogens is 1. The lowest BCUT2D eigenvalue weighted by Gasteiger charge is -2.36. The van der Waals surface area contributed by atoms with Gasteiger partial charge in [0.2, 0.25) is 5.91 Å². The van der Waals surface area contributed by atoms with E-state index in [-0.39, 0.29) is 10.9 Å². The van der Waals surface area contributed by atoms with Crippen LogP contribution in [0.2, 0.25) is 5.02 Å². The molecule has 3 heterocycles. The standard InChI is InChI=1S/C26H30ClFN6O3/c1-37-26(36)23-21(16-33-11-13-34(14-12-33)22(35)6-4-9-29)31-25(20-5-2-3-10-30-20)32-24(23)18-8-7-17(28)15-19(18)27/h2-3,5,7-8,10,15,24H,4,6,9,11-14,16,29H2,1H3,(H,31,32)/p+1. The van der Waals surface area contributed by atoms with Crippen LogP contribution in [0.15, 0.2) is 58.9 Å². The minimum absolute atomic E-state index is 0.143. The summed E-state index contributed by atoms with van der Waals surface area (Å²) >= 11 is 6.42. The summed E-state index contributed by atoms with van der Waals surface area (Å²) in [6, 6.07) is 8.66. The van der Waals surface area contributed by atoms with Crippen LogP contribution in [0.4, 0.5) is 4.39 Å². The number of amidine groups is 1. The Balaban J connectivity index is 1.65. The van der Waals surface area contributed by atoms with Gasteiger partial charge in [-0.05, 0) is 24.3 Å². The van der Waals surface area contributed by atoms with Gasteiger partial charge in [0.1, 0.15) is 17.6 Å². The number of carbonyl (C=O) groups excluding carboxylic acids is 2. The first-order chi connectivity index (χ1) is 17.9. The van der Waals surface area contributed by atoms with E-state index in [0.717, 1.165) is 13.0 Å². The molecule has 0 saturated carbocycles. The van der Waals surface area contributed by atoms with Gasteiger partial charge in [0, 0.05) is 68.0 Å². The normalized spacial score (nSPS) is 18.3. The lowest BCUT2D eigenvalue weighted by molar-refractivity contribution is -0.368. The van der Waals surface area contributed by atoms with Crippen molar-refractivity contribution in [2.75, 3.05) is 46.4 Å². The van der Waals surface area contributed by atoms with Crippen LogP contribution in [-0.2, 0) is 14.3 Å². The molecule has 1 aromatic heterocycles. The molecule has 2 aromatic rings. The number of rotatable bonds is 8. The maximum atomic E-state index is 13.8. The van der Waals surface area contributed by atoms with Gasteiger partial charge in [-0.3, -0.25) is 19.7 Å². The summed E-state index contributed by atoms with van der Waals surface area (Å²) in [4.78, 5) is 38.7. The summed E-state index contributed by atoms with van der Waals surface area (Å²) in [5.41, 5.74) is 5.78. The largest absolute Gasteiger partial charge is 0.466 e. The second kappa shape index (κ2) is 12.3. The summed E-state index contributed by atoms with van der Waals surface area (Å²) in [6.45, 7) is 3.63. The number of piperazine rings is 1. The Hall–Kier alpha value is -3.34. The van der Waals surface area contributed by atoms with Crippen LogP contribution >= 0.6 is 11.6 Å². The first-order valence-electron chi connectivity index (χ1n) is 12.2. The second-order valence-electron chi connectivity index (χ2n) is 8.88. The molecule has 0 spiro atoms. The van der Waals surface area contributed by atoms with Crippen molar-refractivity contribution in [3.63, 3.8) is 0 Å². The predicted octanol–water partition coefficient (Wildman–Crippen LogP) is 1.56. The second-order valence-corrected chi connectivity index (χ2v) is 9.29. The summed E-state index contributed by atoms with van der Waals surface area (Å²) in [5.74, 6) is -0.429. The van der Waals surface area contributed by atoms with Crippen molar-refractivity contribution in [3.05, 3.63) is 76.0 Å². The highest BCUT2D eigenvalue weighted by molar-refractivity contribution is 6.31. The maximum Gasteiger partial charge on any atom is 0.338 e. The van der Waals surface area contributed by atoms with Crippen LogP contribution in [0.5, 0.6) is 0 Å². The first-order valence-corrected chi connectivity index (χ1v) is 12.6. The number of nitrogens with zero attached hydrogens (tertiary/aromatic N) is 4. The van der Waals surface area contributed by atoms with E-state index >= 15 is 0 Å². The van der Waals surface area contributed by atoms with Gasteiger partial charge in [-0.25, -0.2) is 9.18 Å². The zero-order valence-electron chi connectivity index (χ0n) is 20.8. The van der Waals surface area contributed by atoms with Crippen LogP contribution < -0.4 is 11.1 Å². The monoisotopic (exact) mass is 529 g/mol. The molecule has 1 atom stereocenters. The third kappa shape index (κ3) is 6.33. The molecule has 4 N–H and O–H groups in total. The summed E-state index contributed by atoms with van der Waals surface area (Å²) < 4.78 is 19.0. The zero-order chi connectivity index (χ0) is 26.4. The molecule has 0 radical (unpaired) electrons. The number of ether oxygens (including phenoxy) is 1. The fourth-order valence-corrected chi connectivity index (χ4v) is 4.74. The van der Waals surface area contributed by atoms with Crippen molar-refractivity contribution in [1.82, 2.24) is 20.1 Å². The Morgan fingerprint density at radius 2 is 2.00 bits per heavy atom. The fourth-order valence-electron chi connectivity index (χ4n) is 4.47. The van der Waals surface area contributed by atoms with Crippen molar-refractivity contribution in [2.24, 2.45) is 4.99 Å². The highest BCUT2D eigenvalue weighted by atomic mass is 35.5. The van der Waals surface area contributed by atoms with Gasteiger partial charge in [-0.15, -0.1) is 0 Å². The number of aromatic nitrogens is 1. The Kier molecular flexibility index (Phi) is 8.86. The van der Waals surface area contributed by atoms with Gasteiger partial charge >= 0.3 is 5.97 Å². The summed E-state index contributed by atoms with van der Waals surface area (Å²) in [6.07, 6.45) is 2.94. The van der Waals surface area contributed by atoms with E-state index < -0.39 is 17.8 Å². The third-order valence-corrected chi connectivity index (χ3v) is 6.77. The molecule has 1 aromatic carbocycles. The Bertz CT molecular complexity index is 1200. The van der Waals surface area contributed by atoms with E-state index in [4.69, 9.17) is 21.3 Å². The maximum absolute atomic E-state index is 13.8. The van der Waals surface area contributed by atoms with E-state index in [1.54, 1.807) is 12.3 Å². The first kappa shape index (κ1) is 26.7. The topological polar surface area (TPSA) is 115 Å². The Morgan fingerprint density at radius 1 is 1.22 bits per heavy atom. The molecule has 2 aliphatic rings. The highest BCUT2D eigenvalue weighted by Crippen LogP contribution is 2.36. The van der Waals surface area contributed by atoms with Crippen molar-refractivity contribution in [2.45, 2.75) is 18.9 Å². The van der Waals surface area contributed by atoms with Crippen molar-refractivity contribution < 1.29 is 24.5 Å². The molecule has 196 valence electrons. The molecule has 0 bridgehead atoms. The van der Waals surface area contributed by atoms with E-state index in [9.17, 15) is 14.0 Å². The van der Waals surface area contributed by atoms with Crippen LogP contribution in [0.25, 0.3) is 0 Å². The van der Waals surface area contributed by atoms with Gasteiger partial charge in [-0.1, -0.05) is 23.7 Å². The summed E-state index contributed by atoms with van der Waals surface area (Å²) in [7, 11) is 1.31. The van der Waals surface area contributed by atoms with Crippen LogP contribution in [0.3, 0.4) is 0 Å². The van der Waals surface area contributed by atoms with E-state index in [0.29, 0.717) is 67.5 Å². The number of carbonyl (C=O) groups is 2. The van der Waals surface area contributed by atoms with Gasteiger partial charge in [0.05, 0.1) is 19.2 Å². The number of hydrogen-bond donors (Lipinski definition) is 2. The molecule has 11 heteroatoms. The van der Waals surface area contributed by atoms with Gasteiger partial charge < -0.3 is 20.7 Å². The molecule has 2 aliphatic heterocycles. The molecule has 1 fully saturated rings. The predicted molar refractivity (Wildman–Crippen MR) is 137 cm³/mol. The lowest BCUT2D eigenvalue weighted by Crippen LogP contribution is -2.52. The fraction of sp³-hybridized carbons (Fsp3) is 0.385. The van der Waals surface area contributed by atoms with Crippen LogP contribution in [0.1, 0.15) is 30.1 Å². The smallest absolute Gasteiger partial charge is 0.338 e. The number of aliphatic imine (C=N–C) groups is 1. The van der Waals surface area contributed by atoms with Crippen LogP contribution in [0, 0.1) is 5.82 Å². The molecular formula is C26H31ClFN6O3+. The number of pyridine rings is 1.